The van der Waals surface area contributed by atoms with Crippen LogP contribution in [0.25, 0.3) is 5.95 Å². The van der Waals surface area contributed by atoms with Crippen molar-refractivity contribution >= 4 is 29.0 Å². The largest absolute Gasteiger partial charge is 0.495 e. The molecule has 0 spiro atoms. The summed E-state index contributed by atoms with van der Waals surface area (Å²) in [5, 5.41) is 5.81. The standard InChI is InChI=1S/C16H15ClN6O2/c1-10-18-5-6-23(10)15-19-8-12(9-20-15)21-16(24)22-13-7-11(17)3-4-14(13)25-2/h3-9H,1-2H3,(H2,21,22,24). The van der Waals surface area contributed by atoms with E-state index in [-0.39, 0.29) is 0 Å². The summed E-state index contributed by atoms with van der Waals surface area (Å²) in [6.45, 7) is 1.85. The Morgan fingerprint density at radius 1 is 1.20 bits per heavy atom. The van der Waals surface area contributed by atoms with Gasteiger partial charge in [0.1, 0.15) is 11.6 Å². The number of urea groups is 1. The molecule has 0 aliphatic rings. The molecule has 2 heterocycles. The molecule has 0 aliphatic carbocycles. The van der Waals surface area contributed by atoms with Crippen molar-refractivity contribution in [3.63, 3.8) is 0 Å². The molecule has 1 aromatic carbocycles. The van der Waals surface area contributed by atoms with Crippen LogP contribution in [-0.4, -0.2) is 32.7 Å². The van der Waals surface area contributed by atoms with E-state index >= 15 is 0 Å². The molecular weight excluding hydrogens is 344 g/mol. The molecule has 0 unspecified atom stereocenters. The first-order valence-electron chi connectivity index (χ1n) is 7.31. The number of hydrogen-bond donors (Lipinski definition) is 2. The molecule has 0 aliphatic heterocycles. The number of nitrogens with one attached hydrogen (secondary N) is 2. The lowest BCUT2D eigenvalue weighted by molar-refractivity contribution is 0.262. The van der Waals surface area contributed by atoms with Gasteiger partial charge in [-0.25, -0.2) is 19.7 Å². The number of ether oxygens (including phenoxy) is 1. The van der Waals surface area contributed by atoms with Crippen LogP contribution in [0.1, 0.15) is 5.82 Å². The maximum absolute atomic E-state index is 12.1. The minimum atomic E-state index is -0.462. The minimum absolute atomic E-state index is 0.444. The highest BCUT2D eigenvalue weighted by Gasteiger charge is 2.10. The Hall–Kier alpha value is -3.13. The molecule has 0 atom stereocenters. The number of carbonyl (C=O) groups excluding carboxylic acids is 1. The molecule has 9 heteroatoms. The fraction of sp³-hybridized carbons (Fsp3) is 0.125. The van der Waals surface area contributed by atoms with Crippen molar-refractivity contribution in [1.82, 2.24) is 19.5 Å². The van der Waals surface area contributed by atoms with Crippen molar-refractivity contribution in [1.29, 1.82) is 0 Å². The Morgan fingerprint density at radius 3 is 2.60 bits per heavy atom. The zero-order valence-electron chi connectivity index (χ0n) is 13.5. The van der Waals surface area contributed by atoms with E-state index < -0.39 is 6.03 Å². The lowest BCUT2D eigenvalue weighted by Gasteiger charge is -2.11. The molecule has 25 heavy (non-hydrogen) atoms. The Balaban J connectivity index is 1.69. The number of halogens is 1. The van der Waals surface area contributed by atoms with E-state index in [0.29, 0.717) is 28.1 Å². The van der Waals surface area contributed by atoms with Crippen LogP contribution in [0.3, 0.4) is 0 Å². The van der Waals surface area contributed by atoms with Crippen LogP contribution in [0.4, 0.5) is 16.2 Å². The third-order valence-electron chi connectivity index (χ3n) is 3.35. The molecule has 0 saturated heterocycles. The van der Waals surface area contributed by atoms with Gasteiger partial charge in [0, 0.05) is 17.4 Å². The molecule has 3 aromatic rings. The first-order valence-corrected chi connectivity index (χ1v) is 7.68. The molecular formula is C16H15ClN6O2. The number of hydrogen-bond acceptors (Lipinski definition) is 5. The van der Waals surface area contributed by atoms with Crippen LogP contribution in [-0.2, 0) is 0 Å². The number of aromatic nitrogens is 4. The zero-order valence-corrected chi connectivity index (χ0v) is 14.3. The van der Waals surface area contributed by atoms with Gasteiger partial charge in [-0.2, -0.15) is 0 Å². The van der Waals surface area contributed by atoms with Crippen LogP contribution in [0, 0.1) is 6.92 Å². The van der Waals surface area contributed by atoms with E-state index in [1.54, 1.807) is 35.2 Å². The lowest BCUT2D eigenvalue weighted by atomic mass is 10.3. The number of nitrogens with zero attached hydrogens (tertiary/aromatic N) is 4. The van der Waals surface area contributed by atoms with E-state index in [9.17, 15) is 4.79 Å². The first-order chi connectivity index (χ1) is 12.1. The molecule has 2 N–H and O–H groups in total. The van der Waals surface area contributed by atoms with Crippen molar-refractivity contribution in [2.24, 2.45) is 0 Å². The van der Waals surface area contributed by atoms with Gasteiger partial charge < -0.3 is 15.4 Å². The summed E-state index contributed by atoms with van der Waals surface area (Å²) < 4.78 is 6.92. The van der Waals surface area contributed by atoms with E-state index in [1.165, 1.54) is 19.5 Å². The quantitative estimate of drug-likeness (QED) is 0.746. The first kappa shape index (κ1) is 16.7. The fourth-order valence-corrected chi connectivity index (χ4v) is 2.33. The number of amides is 2. The molecule has 128 valence electrons. The van der Waals surface area contributed by atoms with Crippen LogP contribution in [0.15, 0.2) is 43.0 Å². The number of aryl methyl sites for hydroxylation is 1. The highest BCUT2D eigenvalue weighted by atomic mass is 35.5. The third kappa shape index (κ3) is 3.86. The summed E-state index contributed by atoms with van der Waals surface area (Å²) in [4.78, 5) is 24.7. The topological polar surface area (TPSA) is 94.0 Å². The maximum Gasteiger partial charge on any atom is 0.323 e. The van der Waals surface area contributed by atoms with Gasteiger partial charge in [0.25, 0.3) is 0 Å². The summed E-state index contributed by atoms with van der Waals surface area (Å²) in [6.07, 6.45) is 6.44. The van der Waals surface area contributed by atoms with Gasteiger partial charge in [0.15, 0.2) is 0 Å². The van der Waals surface area contributed by atoms with E-state index in [4.69, 9.17) is 16.3 Å². The Labute approximate surface area is 148 Å². The van der Waals surface area contributed by atoms with Crippen molar-refractivity contribution in [2.45, 2.75) is 6.92 Å². The van der Waals surface area contributed by atoms with Crippen LogP contribution >= 0.6 is 11.6 Å². The fourth-order valence-electron chi connectivity index (χ4n) is 2.16. The van der Waals surface area contributed by atoms with Crippen LogP contribution in [0.2, 0.25) is 5.02 Å². The molecule has 0 fully saturated rings. The Bertz CT molecular complexity index is 894. The maximum atomic E-state index is 12.1. The number of carbonyl (C=O) groups is 1. The molecule has 2 amide bonds. The zero-order chi connectivity index (χ0) is 17.8. The van der Waals surface area contributed by atoms with Crippen molar-refractivity contribution in [2.75, 3.05) is 17.7 Å². The average Bonchev–Trinajstić information content (AvgIpc) is 3.02. The normalized spacial score (nSPS) is 10.4. The smallest absolute Gasteiger partial charge is 0.323 e. The lowest BCUT2D eigenvalue weighted by Crippen LogP contribution is -2.20. The molecule has 0 bridgehead atoms. The van der Waals surface area contributed by atoms with Crippen molar-refractivity contribution in [3.8, 4) is 11.7 Å². The number of imidazole rings is 1. The predicted molar refractivity (Wildman–Crippen MR) is 94.5 cm³/mol. The molecule has 0 radical (unpaired) electrons. The van der Waals surface area contributed by atoms with Crippen molar-refractivity contribution in [3.05, 3.63) is 53.8 Å². The highest BCUT2D eigenvalue weighted by molar-refractivity contribution is 6.31. The minimum Gasteiger partial charge on any atom is -0.495 e. The third-order valence-corrected chi connectivity index (χ3v) is 3.58. The summed E-state index contributed by atoms with van der Waals surface area (Å²) in [7, 11) is 1.51. The van der Waals surface area contributed by atoms with Gasteiger partial charge in [0.05, 0.1) is 30.9 Å². The molecule has 0 saturated carbocycles. The van der Waals surface area contributed by atoms with Gasteiger partial charge >= 0.3 is 6.03 Å². The predicted octanol–water partition coefficient (Wildman–Crippen LogP) is 3.28. The second-order valence-electron chi connectivity index (χ2n) is 5.04. The van der Waals surface area contributed by atoms with Gasteiger partial charge in [-0.05, 0) is 25.1 Å². The van der Waals surface area contributed by atoms with E-state index in [2.05, 4.69) is 25.6 Å². The van der Waals surface area contributed by atoms with Crippen molar-refractivity contribution < 1.29 is 9.53 Å². The van der Waals surface area contributed by atoms with E-state index in [0.717, 1.165) is 5.82 Å². The monoisotopic (exact) mass is 358 g/mol. The second-order valence-corrected chi connectivity index (χ2v) is 5.48. The summed E-state index contributed by atoms with van der Waals surface area (Å²) in [5.41, 5.74) is 0.902. The van der Waals surface area contributed by atoms with Gasteiger partial charge in [-0.1, -0.05) is 11.6 Å². The van der Waals surface area contributed by atoms with Crippen LogP contribution in [0.5, 0.6) is 5.75 Å². The number of methoxy groups -OCH3 is 1. The van der Waals surface area contributed by atoms with Crippen LogP contribution < -0.4 is 15.4 Å². The number of rotatable bonds is 4. The second kappa shape index (κ2) is 7.18. The summed E-state index contributed by atoms with van der Waals surface area (Å²) in [5.74, 6) is 1.74. The number of benzene rings is 1. The summed E-state index contributed by atoms with van der Waals surface area (Å²) >= 11 is 5.94. The highest BCUT2D eigenvalue weighted by Crippen LogP contribution is 2.27. The molecule has 8 nitrogen and oxygen atoms in total. The summed E-state index contributed by atoms with van der Waals surface area (Å²) in [6, 6.07) is 4.48. The van der Waals surface area contributed by atoms with Gasteiger partial charge in [-0.3, -0.25) is 4.57 Å². The average molecular weight is 359 g/mol. The Morgan fingerprint density at radius 2 is 1.96 bits per heavy atom. The molecule has 2 aromatic heterocycles. The Kier molecular flexibility index (Phi) is 4.80. The SMILES string of the molecule is COc1ccc(Cl)cc1NC(=O)Nc1cnc(-n2ccnc2C)nc1. The number of anilines is 2. The van der Waals surface area contributed by atoms with Gasteiger partial charge in [0.2, 0.25) is 5.95 Å². The molecule has 3 rings (SSSR count). The van der Waals surface area contributed by atoms with E-state index in [1.807, 2.05) is 6.92 Å². The van der Waals surface area contributed by atoms with Gasteiger partial charge in [-0.15, -0.1) is 0 Å².